The molecular weight excluding hydrogens is 277 g/mol. The smallest absolute Gasteiger partial charge is 0.337 e. The summed E-state index contributed by atoms with van der Waals surface area (Å²) in [4.78, 5) is 10.8. The van der Waals surface area contributed by atoms with E-state index in [0.29, 0.717) is 5.56 Å². The lowest BCUT2D eigenvalue weighted by Crippen LogP contribution is -2.05. The summed E-state index contributed by atoms with van der Waals surface area (Å²) >= 11 is 3.24. The highest BCUT2D eigenvalue weighted by Crippen LogP contribution is 2.21. The number of carbonyl (C=O) groups is 1. The molecule has 0 saturated carbocycles. The Balaban J connectivity index is 3.14. The highest BCUT2D eigenvalue weighted by atomic mass is 79.9. The van der Waals surface area contributed by atoms with Crippen molar-refractivity contribution in [1.82, 2.24) is 0 Å². The Morgan fingerprint density at radius 1 is 1.56 bits per heavy atom. The molecule has 0 aliphatic rings. The van der Waals surface area contributed by atoms with Gasteiger partial charge in [0.05, 0.1) is 11.3 Å². The van der Waals surface area contributed by atoms with Gasteiger partial charge in [-0.1, -0.05) is 28.1 Å². The number of carboxylic acids is 1. The highest BCUT2D eigenvalue weighted by molar-refractivity contribution is 9.09. The average molecular weight is 288 g/mol. The molecular formula is C11H11BrFNO2. The number of hydrogen-bond acceptors (Lipinski definition) is 2. The van der Waals surface area contributed by atoms with Crippen molar-refractivity contribution < 1.29 is 14.3 Å². The number of anilines is 1. The van der Waals surface area contributed by atoms with E-state index in [0.717, 1.165) is 17.8 Å². The molecule has 0 bridgehead atoms. The molecule has 0 radical (unpaired) electrons. The first-order valence-electron chi connectivity index (χ1n) is 4.61. The molecule has 1 rings (SSSR count). The fraction of sp³-hybridized carbons (Fsp3) is 0.182. The zero-order valence-corrected chi connectivity index (χ0v) is 10.00. The van der Waals surface area contributed by atoms with Gasteiger partial charge >= 0.3 is 5.97 Å². The molecule has 0 aromatic heterocycles. The lowest BCUT2D eigenvalue weighted by molar-refractivity contribution is 0.0697. The van der Waals surface area contributed by atoms with Gasteiger partial charge in [-0.25, -0.2) is 9.18 Å². The molecule has 3 N–H and O–H groups in total. The van der Waals surface area contributed by atoms with Crippen LogP contribution in [-0.4, -0.2) is 16.4 Å². The summed E-state index contributed by atoms with van der Waals surface area (Å²) in [7, 11) is 0. The van der Waals surface area contributed by atoms with Gasteiger partial charge in [0.15, 0.2) is 0 Å². The van der Waals surface area contributed by atoms with E-state index in [1.807, 2.05) is 0 Å². The molecule has 3 nitrogen and oxygen atoms in total. The number of rotatable bonds is 4. The first kappa shape index (κ1) is 12.7. The van der Waals surface area contributed by atoms with Crippen LogP contribution in [0.1, 0.15) is 22.3 Å². The van der Waals surface area contributed by atoms with Crippen LogP contribution in [0.25, 0.3) is 6.08 Å². The summed E-state index contributed by atoms with van der Waals surface area (Å²) in [6, 6.07) is 2.13. The van der Waals surface area contributed by atoms with E-state index < -0.39 is 11.8 Å². The van der Waals surface area contributed by atoms with Crippen molar-refractivity contribution in [3.63, 3.8) is 0 Å². The maximum atomic E-state index is 13.1. The third-order valence-electron chi connectivity index (χ3n) is 1.98. The van der Waals surface area contributed by atoms with Gasteiger partial charge in [0, 0.05) is 10.9 Å². The minimum absolute atomic E-state index is 0.0831. The zero-order chi connectivity index (χ0) is 12.1. The summed E-state index contributed by atoms with van der Waals surface area (Å²) in [6.45, 7) is 0. The second-order valence-corrected chi connectivity index (χ2v) is 3.93. The Morgan fingerprint density at radius 2 is 2.25 bits per heavy atom. The minimum atomic E-state index is -1.23. The van der Waals surface area contributed by atoms with E-state index in [4.69, 9.17) is 10.8 Å². The van der Waals surface area contributed by atoms with Gasteiger partial charge < -0.3 is 10.8 Å². The van der Waals surface area contributed by atoms with E-state index in [9.17, 15) is 9.18 Å². The number of nitrogens with two attached hydrogens (primary N) is 1. The van der Waals surface area contributed by atoms with Crippen LogP contribution in [0.2, 0.25) is 0 Å². The fourth-order valence-electron chi connectivity index (χ4n) is 1.23. The number of allylic oxidation sites excluding steroid dienone is 1. The summed E-state index contributed by atoms with van der Waals surface area (Å²) in [5, 5.41) is 9.59. The molecule has 0 spiro atoms. The molecule has 0 atom stereocenters. The molecule has 86 valence electrons. The van der Waals surface area contributed by atoms with Gasteiger partial charge in [0.1, 0.15) is 5.82 Å². The quantitative estimate of drug-likeness (QED) is 0.661. The van der Waals surface area contributed by atoms with E-state index in [-0.39, 0.29) is 11.3 Å². The first-order valence-corrected chi connectivity index (χ1v) is 5.73. The lowest BCUT2D eigenvalue weighted by Gasteiger charge is -2.05. The van der Waals surface area contributed by atoms with Crippen molar-refractivity contribution in [3.8, 4) is 0 Å². The topological polar surface area (TPSA) is 63.3 Å². The van der Waals surface area contributed by atoms with Crippen LogP contribution in [-0.2, 0) is 0 Å². The minimum Gasteiger partial charge on any atom is -0.478 e. The molecule has 0 saturated heterocycles. The van der Waals surface area contributed by atoms with Crippen molar-refractivity contribution in [3.05, 3.63) is 35.2 Å². The second-order valence-electron chi connectivity index (χ2n) is 3.14. The number of benzene rings is 1. The lowest BCUT2D eigenvalue weighted by atomic mass is 10.1. The number of carboxylic acid groups (broad SMARTS) is 1. The summed E-state index contributed by atoms with van der Waals surface area (Å²) in [5.41, 5.74) is 5.89. The van der Waals surface area contributed by atoms with Gasteiger partial charge in [-0.05, 0) is 18.6 Å². The number of aromatic carboxylic acids is 1. The predicted molar refractivity (Wildman–Crippen MR) is 65.2 cm³/mol. The number of hydrogen-bond donors (Lipinski definition) is 2. The summed E-state index contributed by atoms with van der Waals surface area (Å²) in [6.07, 6.45) is 4.18. The van der Waals surface area contributed by atoms with Crippen LogP contribution in [0.4, 0.5) is 10.1 Å². The van der Waals surface area contributed by atoms with E-state index in [2.05, 4.69) is 15.9 Å². The normalized spacial score (nSPS) is 10.9. The Morgan fingerprint density at radius 3 is 2.81 bits per heavy atom. The monoisotopic (exact) mass is 287 g/mol. The third-order valence-corrected chi connectivity index (χ3v) is 2.44. The molecule has 5 heteroatoms. The van der Waals surface area contributed by atoms with Gasteiger partial charge in [-0.15, -0.1) is 0 Å². The van der Waals surface area contributed by atoms with Crippen molar-refractivity contribution in [2.75, 3.05) is 11.1 Å². The van der Waals surface area contributed by atoms with Crippen molar-refractivity contribution in [2.45, 2.75) is 6.42 Å². The summed E-state index contributed by atoms with van der Waals surface area (Å²) < 4.78 is 13.1. The van der Waals surface area contributed by atoms with Crippen molar-refractivity contribution in [1.29, 1.82) is 0 Å². The van der Waals surface area contributed by atoms with Crippen LogP contribution in [0.15, 0.2) is 18.2 Å². The molecule has 1 aromatic carbocycles. The molecule has 0 heterocycles. The van der Waals surface area contributed by atoms with E-state index >= 15 is 0 Å². The van der Waals surface area contributed by atoms with Crippen molar-refractivity contribution >= 4 is 33.7 Å². The van der Waals surface area contributed by atoms with Gasteiger partial charge in [-0.3, -0.25) is 0 Å². The Hall–Kier alpha value is -1.36. The number of nitrogen functional groups attached to an aromatic ring is 1. The van der Waals surface area contributed by atoms with Gasteiger partial charge in [0.25, 0.3) is 0 Å². The van der Waals surface area contributed by atoms with E-state index in [1.54, 1.807) is 12.2 Å². The summed E-state index contributed by atoms with van der Waals surface area (Å²) in [5.74, 6) is -1.84. The number of halogens is 2. The van der Waals surface area contributed by atoms with Crippen molar-refractivity contribution in [2.24, 2.45) is 0 Å². The molecule has 0 amide bonds. The Labute approximate surface area is 101 Å². The molecule has 0 aliphatic heterocycles. The van der Waals surface area contributed by atoms with Crippen LogP contribution in [0.3, 0.4) is 0 Å². The molecule has 16 heavy (non-hydrogen) atoms. The fourth-order valence-corrected chi connectivity index (χ4v) is 1.49. The zero-order valence-electron chi connectivity index (χ0n) is 8.41. The van der Waals surface area contributed by atoms with Crippen LogP contribution >= 0.6 is 15.9 Å². The van der Waals surface area contributed by atoms with Gasteiger partial charge in [0.2, 0.25) is 0 Å². The highest BCUT2D eigenvalue weighted by Gasteiger charge is 2.12. The number of alkyl halides is 1. The third kappa shape index (κ3) is 3.06. The second kappa shape index (κ2) is 5.65. The molecule has 0 aliphatic carbocycles. The van der Waals surface area contributed by atoms with Crippen LogP contribution in [0, 0.1) is 5.82 Å². The van der Waals surface area contributed by atoms with Gasteiger partial charge in [-0.2, -0.15) is 0 Å². The first-order chi connectivity index (χ1) is 7.56. The Bertz CT molecular complexity index is 432. The predicted octanol–water partition coefficient (Wildman–Crippen LogP) is 2.90. The molecule has 0 fully saturated rings. The standard InChI is InChI=1S/C11H11BrFNO2/c12-4-2-1-3-7-5-8(13)6-9(10(7)14)11(15)16/h1,3,5-6H,2,4,14H2,(H,15,16). The maximum Gasteiger partial charge on any atom is 0.337 e. The average Bonchev–Trinajstić information content (AvgIpc) is 2.22. The molecule has 1 aromatic rings. The Kier molecular flexibility index (Phi) is 4.49. The molecule has 0 unspecified atom stereocenters. The van der Waals surface area contributed by atoms with Crippen LogP contribution in [0.5, 0.6) is 0 Å². The van der Waals surface area contributed by atoms with Crippen LogP contribution < -0.4 is 5.73 Å². The SMILES string of the molecule is Nc1c(C=CCCBr)cc(F)cc1C(=O)O. The van der Waals surface area contributed by atoms with E-state index in [1.165, 1.54) is 6.07 Å². The largest absolute Gasteiger partial charge is 0.478 e. The maximum absolute atomic E-state index is 13.1.